The Labute approximate surface area is 226 Å². The summed E-state index contributed by atoms with van der Waals surface area (Å²) in [4.78, 5) is 8.90. The van der Waals surface area contributed by atoms with Gasteiger partial charge in [0.05, 0.1) is 5.75 Å². The molecule has 39 heavy (non-hydrogen) atoms. The highest BCUT2D eigenvalue weighted by molar-refractivity contribution is 7.89. The first-order chi connectivity index (χ1) is 18.3. The zero-order chi connectivity index (χ0) is 29.2. The van der Waals surface area contributed by atoms with Gasteiger partial charge in [-0.2, -0.15) is 13.2 Å². The van der Waals surface area contributed by atoms with E-state index in [0.717, 1.165) is 37.8 Å². The maximum atomic E-state index is 13.8. The van der Waals surface area contributed by atoms with E-state index in [4.69, 9.17) is 9.90 Å². The number of hydrogen-bond donors (Lipinski definition) is 3. The highest BCUT2D eigenvalue weighted by Gasteiger charge is 2.38. The first-order valence-electron chi connectivity index (χ1n) is 12.8. The van der Waals surface area contributed by atoms with Crippen LogP contribution in [0.5, 0.6) is 0 Å². The van der Waals surface area contributed by atoms with Crippen LogP contribution in [-0.4, -0.2) is 50.6 Å². The van der Waals surface area contributed by atoms with Crippen molar-refractivity contribution >= 4 is 16.0 Å². The molecule has 3 N–H and O–H groups in total. The monoisotopic (exact) mass is 578 g/mol. The van der Waals surface area contributed by atoms with Crippen molar-refractivity contribution in [2.75, 3.05) is 18.8 Å². The summed E-state index contributed by atoms with van der Waals surface area (Å²) >= 11 is 0. The lowest BCUT2D eigenvalue weighted by molar-refractivity contribution is -0.192. The van der Waals surface area contributed by atoms with Crippen LogP contribution in [-0.2, 0) is 34.1 Å². The molecule has 12 heteroatoms. The average molecular weight is 579 g/mol. The lowest BCUT2D eigenvalue weighted by Gasteiger charge is -2.35. The number of fused-ring (bicyclic) bond motifs is 1. The van der Waals surface area contributed by atoms with Crippen LogP contribution in [0.15, 0.2) is 36.4 Å². The first kappa shape index (κ1) is 32.6. The fourth-order valence-corrected chi connectivity index (χ4v) is 5.78. The summed E-state index contributed by atoms with van der Waals surface area (Å²) in [6, 6.07) is 11.0. The summed E-state index contributed by atoms with van der Waals surface area (Å²) in [5.74, 6) is -4.06. The molecule has 2 unspecified atom stereocenters. The molecule has 1 aliphatic rings. The van der Waals surface area contributed by atoms with Gasteiger partial charge in [0.2, 0.25) is 10.0 Å². The third-order valence-corrected chi connectivity index (χ3v) is 8.00. The number of hydrogen-bond acceptors (Lipinski definition) is 4. The van der Waals surface area contributed by atoms with Gasteiger partial charge in [0.1, 0.15) is 0 Å². The number of aryl methyl sites for hydroxylation is 2. The molecule has 0 heterocycles. The van der Waals surface area contributed by atoms with Crippen molar-refractivity contribution in [3.05, 3.63) is 70.3 Å². The van der Waals surface area contributed by atoms with E-state index in [1.165, 1.54) is 28.8 Å². The highest BCUT2D eigenvalue weighted by atomic mass is 32.2. The molecular formula is C27H35F5N2O4S. The predicted octanol–water partition coefficient (Wildman–Crippen LogP) is 5.11. The molecule has 0 amide bonds. The minimum absolute atomic E-state index is 0.156. The van der Waals surface area contributed by atoms with Gasteiger partial charge in [-0.15, -0.1) is 0 Å². The van der Waals surface area contributed by atoms with Crippen molar-refractivity contribution in [1.82, 2.24) is 10.0 Å². The van der Waals surface area contributed by atoms with Gasteiger partial charge in [-0.25, -0.2) is 26.7 Å². The molecule has 2 atom stereocenters. The number of alkyl halides is 3. The van der Waals surface area contributed by atoms with E-state index < -0.39 is 33.8 Å². The second-order valence-electron chi connectivity index (χ2n) is 9.41. The van der Waals surface area contributed by atoms with Gasteiger partial charge in [-0.3, -0.25) is 0 Å². The lowest BCUT2D eigenvalue weighted by atomic mass is 9.75. The van der Waals surface area contributed by atoms with Crippen molar-refractivity contribution in [1.29, 1.82) is 0 Å². The summed E-state index contributed by atoms with van der Waals surface area (Å²) < 4.78 is 85.3. The smallest absolute Gasteiger partial charge is 0.475 e. The number of carboxylic acid groups (broad SMARTS) is 1. The number of rotatable bonds is 11. The molecule has 1 aliphatic carbocycles. The van der Waals surface area contributed by atoms with Crippen molar-refractivity contribution in [2.24, 2.45) is 0 Å². The molecule has 3 rings (SSSR count). The summed E-state index contributed by atoms with van der Waals surface area (Å²) in [7, 11) is -3.18. The van der Waals surface area contributed by atoms with Crippen LogP contribution in [0.1, 0.15) is 61.3 Å². The SMILES string of the molecule is CCCS(=O)(=O)NCCCc1ccc2c(c1)C(Cc1ccc(F)c(F)c1)C(NCC)CC2.O=C(O)C(F)(F)F. The van der Waals surface area contributed by atoms with Crippen LogP contribution in [0.4, 0.5) is 22.0 Å². The average Bonchev–Trinajstić information content (AvgIpc) is 2.85. The first-order valence-corrected chi connectivity index (χ1v) is 14.5. The second kappa shape index (κ2) is 14.7. The van der Waals surface area contributed by atoms with Crippen molar-refractivity contribution in [2.45, 2.75) is 70.5 Å². The van der Waals surface area contributed by atoms with E-state index in [-0.39, 0.29) is 17.7 Å². The van der Waals surface area contributed by atoms with Crippen LogP contribution in [0, 0.1) is 11.6 Å². The Kier molecular flexibility index (Phi) is 12.3. The van der Waals surface area contributed by atoms with Gasteiger partial charge in [0.15, 0.2) is 11.6 Å². The van der Waals surface area contributed by atoms with Gasteiger partial charge in [0, 0.05) is 18.5 Å². The maximum Gasteiger partial charge on any atom is 0.490 e. The largest absolute Gasteiger partial charge is 0.490 e. The molecule has 0 spiro atoms. The van der Waals surface area contributed by atoms with Crippen LogP contribution in [0.3, 0.4) is 0 Å². The van der Waals surface area contributed by atoms with Crippen LogP contribution < -0.4 is 10.0 Å². The number of benzene rings is 2. The second-order valence-corrected chi connectivity index (χ2v) is 11.3. The summed E-state index contributed by atoms with van der Waals surface area (Å²) in [5.41, 5.74) is 4.53. The van der Waals surface area contributed by atoms with E-state index in [1.807, 2.05) is 6.92 Å². The highest BCUT2D eigenvalue weighted by Crippen LogP contribution is 2.35. The Morgan fingerprint density at radius 1 is 1.05 bits per heavy atom. The molecule has 218 valence electrons. The van der Waals surface area contributed by atoms with Gasteiger partial charge in [-0.05, 0) is 79.5 Å². The van der Waals surface area contributed by atoms with Crippen LogP contribution in [0.2, 0.25) is 0 Å². The molecule has 0 aromatic heterocycles. The summed E-state index contributed by atoms with van der Waals surface area (Å²) in [6.07, 6.45) is -0.335. The standard InChI is InChI=1S/C25H34F2N2O2S.C2HF3O2/c1-3-14-32(30,31)29-13-5-6-18-7-9-20-10-12-25(28-4-2)22(21(20)15-18)16-19-8-11-23(26)24(27)17-19;3-2(4,5)1(6)7/h7-9,11,15,17,22,25,28-29H,3-6,10,12-14,16H2,1-2H3;(H,6,7). The Morgan fingerprint density at radius 2 is 1.72 bits per heavy atom. The third-order valence-electron chi connectivity index (χ3n) is 6.41. The normalized spacial score (nSPS) is 17.2. The van der Waals surface area contributed by atoms with Gasteiger partial charge in [-0.1, -0.05) is 38.1 Å². The molecule has 0 saturated carbocycles. The number of likely N-dealkylation sites (N-methyl/N-ethyl adjacent to an activating group) is 1. The van der Waals surface area contributed by atoms with Crippen molar-refractivity contribution in [3.63, 3.8) is 0 Å². The molecule has 2 aromatic rings. The lowest BCUT2D eigenvalue weighted by Crippen LogP contribution is -2.39. The summed E-state index contributed by atoms with van der Waals surface area (Å²) in [5, 5.41) is 10.7. The fraction of sp³-hybridized carbons (Fsp3) is 0.519. The van der Waals surface area contributed by atoms with Gasteiger partial charge >= 0.3 is 12.1 Å². The number of halogens is 5. The molecule has 0 fully saturated rings. The molecule has 2 aromatic carbocycles. The van der Waals surface area contributed by atoms with E-state index >= 15 is 0 Å². The Bertz CT molecular complexity index is 1210. The number of aliphatic carboxylic acids is 1. The van der Waals surface area contributed by atoms with Crippen LogP contribution >= 0.6 is 0 Å². The molecule has 0 aliphatic heterocycles. The zero-order valence-corrected chi connectivity index (χ0v) is 22.8. The molecule has 6 nitrogen and oxygen atoms in total. The molecule has 0 saturated heterocycles. The van der Waals surface area contributed by atoms with E-state index in [1.54, 1.807) is 6.07 Å². The quantitative estimate of drug-likeness (QED) is 0.255. The Morgan fingerprint density at radius 3 is 2.31 bits per heavy atom. The molecule has 0 radical (unpaired) electrons. The molecular weight excluding hydrogens is 543 g/mol. The van der Waals surface area contributed by atoms with E-state index in [9.17, 15) is 30.4 Å². The Balaban J connectivity index is 0.000000673. The van der Waals surface area contributed by atoms with E-state index in [2.05, 4.69) is 35.2 Å². The minimum atomic E-state index is -5.08. The Hall–Kier alpha value is -2.57. The number of carboxylic acids is 1. The molecule has 0 bridgehead atoms. The predicted molar refractivity (Wildman–Crippen MR) is 139 cm³/mol. The van der Waals surface area contributed by atoms with Crippen LogP contribution in [0.25, 0.3) is 0 Å². The number of sulfonamides is 1. The maximum absolute atomic E-state index is 13.8. The van der Waals surface area contributed by atoms with Gasteiger partial charge < -0.3 is 10.4 Å². The fourth-order valence-electron chi connectivity index (χ4n) is 4.64. The number of nitrogens with one attached hydrogen (secondary N) is 2. The number of carbonyl (C=O) groups is 1. The minimum Gasteiger partial charge on any atom is -0.475 e. The van der Waals surface area contributed by atoms with Gasteiger partial charge in [0.25, 0.3) is 0 Å². The zero-order valence-electron chi connectivity index (χ0n) is 22.0. The van der Waals surface area contributed by atoms with Crippen molar-refractivity contribution < 1.29 is 40.3 Å². The summed E-state index contributed by atoms with van der Waals surface area (Å²) in [6.45, 7) is 5.22. The van der Waals surface area contributed by atoms with Crippen molar-refractivity contribution in [3.8, 4) is 0 Å². The third kappa shape index (κ3) is 10.5. The van der Waals surface area contributed by atoms with E-state index in [0.29, 0.717) is 19.4 Å². The topological polar surface area (TPSA) is 95.5 Å².